The Morgan fingerprint density at radius 3 is 2.64 bits per heavy atom. The van der Waals surface area contributed by atoms with E-state index in [1.165, 1.54) is 0 Å². The third-order valence-electron chi connectivity index (χ3n) is 1.97. The van der Waals surface area contributed by atoms with Gasteiger partial charge in [-0.15, -0.1) is 0 Å². The van der Waals surface area contributed by atoms with Gasteiger partial charge in [-0.25, -0.2) is 0 Å². The molecule has 1 aromatic carbocycles. The van der Waals surface area contributed by atoms with Crippen LogP contribution in [0.5, 0.6) is 5.75 Å². The summed E-state index contributed by atoms with van der Waals surface area (Å²) >= 11 is 5.13. The molecular weight excluding hydrogens is 196 g/mol. The van der Waals surface area contributed by atoms with Crippen molar-refractivity contribution in [2.45, 2.75) is 0 Å². The number of rotatable bonds is 2. The predicted molar refractivity (Wildman–Crippen MR) is 63.1 cm³/mol. The third-order valence-corrected chi connectivity index (χ3v) is 2.44. The molecule has 1 rings (SSSR count). The van der Waals surface area contributed by atoms with Crippen molar-refractivity contribution in [3.63, 3.8) is 0 Å². The Bertz CT molecular complexity index is 328. The van der Waals surface area contributed by atoms with Crippen LogP contribution in [0.3, 0.4) is 0 Å². The lowest BCUT2D eigenvalue weighted by Gasteiger charge is -2.21. The Hall–Kier alpha value is -1.29. The van der Waals surface area contributed by atoms with Gasteiger partial charge < -0.3 is 15.0 Å². The van der Waals surface area contributed by atoms with E-state index in [0.29, 0.717) is 5.11 Å². The lowest BCUT2D eigenvalue weighted by atomic mass is 10.3. The predicted octanol–water partition coefficient (Wildman–Crippen LogP) is 1.64. The van der Waals surface area contributed by atoms with Crippen LogP contribution in [0.2, 0.25) is 0 Å². The minimum Gasteiger partial charge on any atom is -0.495 e. The van der Waals surface area contributed by atoms with Crippen LogP contribution in [-0.2, 0) is 0 Å². The monoisotopic (exact) mass is 210 g/mol. The van der Waals surface area contributed by atoms with Gasteiger partial charge in [0.15, 0.2) is 5.11 Å². The van der Waals surface area contributed by atoms with Gasteiger partial charge in [0.2, 0.25) is 0 Å². The average Bonchev–Trinajstić information content (AvgIpc) is 2.26. The highest BCUT2D eigenvalue weighted by atomic mass is 32.1. The SMILES string of the molecule is CNC(=S)N(C)c1ccccc1OC. The number of para-hydroxylation sites is 2. The van der Waals surface area contributed by atoms with Crippen molar-refractivity contribution >= 4 is 23.0 Å². The molecule has 0 aliphatic carbocycles. The summed E-state index contributed by atoms with van der Waals surface area (Å²) in [5, 5.41) is 3.58. The molecule has 0 aliphatic heterocycles. The third kappa shape index (κ3) is 2.14. The molecule has 0 amide bonds. The van der Waals surface area contributed by atoms with Crippen LogP contribution in [0, 0.1) is 0 Å². The van der Waals surface area contributed by atoms with E-state index in [1.807, 2.05) is 36.2 Å². The Balaban J connectivity index is 2.99. The van der Waals surface area contributed by atoms with Crippen LogP contribution in [-0.4, -0.2) is 26.3 Å². The van der Waals surface area contributed by atoms with Crippen molar-refractivity contribution in [1.29, 1.82) is 0 Å². The quantitative estimate of drug-likeness (QED) is 0.750. The van der Waals surface area contributed by atoms with Crippen molar-refractivity contribution < 1.29 is 4.74 Å². The number of hydrogen-bond donors (Lipinski definition) is 1. The second-order valence-electron chi connectivity index (χ2n) is 2.79. The number of benzene rings is 1. The second kappa shape index (κ2) is 4.81. The smallest absolute Gasteiger partial charge is 0.173 e. The van der Waals surface area contributed by atoms with Gasteiger partial charge in [0.25, 0.3) is 0 Å². The van der Waals surface area contributed by atoms with E-state index in [0.717, 1.165) is 11.4 Å². The van der Waals surface area contributed by atoms with Gasteiger partial charge in [-0.05, 0) is 24.4 Å². The molecular formula is C10H14N2OS. The standard InChI is InChI=1S/C10H14N2OS/c1-11-10(14)12(2)8-6-4-5-7-9(8)13-3/h4-7H,1-3H3,(H,11,14). The molecule has 1 aromatic rings. The first-order chi connectivity index (χ1) is 6.70. The summed E-state index contributed by atoms with van der Waals surface area (Å²) in [7, 11) is 5.35. The van der Waals surface area contributed by atoms with Crippen LogP contribution >= 0.6 is 12.2 Å². The summed E-state index contributed by atoms with van der Waals surface area (Å²) in [6.07, 6.45) is 0. The molecule has 0 saturated carbocycles. The first kappa shape index (κ1) is 10.8. The number of anilines is 1. The topological polar surface area (TPSA) is 24.5 Å². The fourth-order valence-electron chi connectivity index (χ4n) is 1.18. The molecule has 76 valence electrons. The highest BCUT2D eigenvalue weighted by molar-refractivity contribution is 7.80. The Morgan fingerprint density at radius 1 is 1.43 bits per heavy atom. The molecule has 0 fully saturated rings. The number of ether oxygens (including phenoxy) is 1. The Morgan fingerprint density at radius 2 is 2.07 bits per heavy atom. The largest absolute Gasteiger partial charge is 0.495 e. The first-order valence-electron chi connectivity index (χ1n) is 4.29. The maximum absolute atomic E-state index is 5.23. The molecule has 0 heterocycles. The van der Waals surface area contributed by atoms with Crippen molar-refractivity contribution in [2.75, 3.05) is 26.1 Å². The molecule has 0 radical (unpaired) electrons. The normalized spacial score (nSPS) is 9.36. The van der Waals surface area contributed by atoms with Gasteiger partial charge in [-0.3, -0.25) is 0 Å². The molecule has 3 nitrogen and oxygen atoms in total. The zero-order chi connectivity index (χ0) is 10.6. The van der Waals surface area contributed by atoms with Gasteiger partial charge >= 0.3 is 0 Å². The van der Waals surface area contributed by atoms with Gasteiger partial charge in [0, 0.05) is 14.1 Å². The number of nitrogens with zero attached hydrogens (tertiary/aromatic N) is 1. The number of methoxy groups -OCH3 is 1. The molecule has 14 heavy (non-hydrogen) atoms. The number of thiocarbonyl (C=S) groups is 1. The highest BCUT2D eigenvalue weighted by Gasteiger charge is 2.09. The molecule has 0 spiro atoms. The van der Waals surface area contributed by atoms with Gasteiger partial charge in [-0.2, -0.15) is 0 Å². The van der Waals surface area contributed by atoms with Crippen molar-refractivity contribution in [1.82, 2.24) is 5.32 Å². The molecule has 0 unspecified atom stereocenters. The summed E-state index contributed by atoms with van der Waals surface area (Å²) in [5.74, 6) is 0.813. The van der Waals surface area contributed by atoms with Crippen LogP contribution in [0.1, 0.15) is 0 Å². The summed E-state index contributed by atoms with van der Waals surface area (Å²) in [4.78, 5) is 1.87. The van der Waals surface area contributed by atoms with E-state index < -0.39 is 0 Å². The highest BCUT2D eigenvalue weighted by Crippen LogP contribution is 2.26. The lowest BCUT2D eigenvalue weighted by molar-refractivity contribution is 0.416. The van der Waals surface area contributed by atoms with Crippen molar-refractivity contribution in [3.05, 3.63) is 24.3 Å². The van der Waals surface area contributed by atoms with Crippen LogP contribution in [0.15, 0.2) is 24.3 Å². The van der Waals surface area contributed by atoms with Crippen molar-refractivity contribution in [2.24, 2.45) is 0 Å². The van der Waals surface area contributed by atoms with Gasteiger partial charge in [0.1, 0.15) is 5.75 Å². The summed E-state index contributed by atoms with van der Waals surface area (Å²) in [6, 6.07) is 7.75. The molecule has 0 atom stereocenters. The van der Waals surface area contributed by atoms with Gasteiger partial charge in [-0.1, -0.05) is 12.1 Å². The molecule has 0 saturated heterocycles. The lowest BCUT2D eigenvalue weighted by Crippen LogP contribution is -2.34. The maximum atomic E-state index is 5.23. The van der Waals surface area contributed by atoms with Crippen molar-refractivity contribution in [3.8, 4) is 5.75 Å². The molecule has 0 bridgehead atoms. The van der Waals surface area contributed by atoms with Crippen LogP contribution in [0.4, 0.5) is 5.69 Å². The molecule has 0 aromatic heterocycles. The fourth-order valence-corrected chi connectivity index (χ4v) is 1.28. The molecule has 0 aliphatic rings. The second-order valence-corrected chi connectivity index (χ2v) is 3.17. The average molecular weight is 210 g/mol. The van der Waals surface area contributed by atoms with Gasteiger partial charge in [0.05, 0.1) is 12.8 Å². The number of hydrogen-bond acceptors (Lipinski definition) is 2. The van der Waals surface area contributed by atoms with E-state index in [1.54, 1.807) is 14.2 Å². The first-order valence-corrected chi connectivity index (χ1v) is 4.70. The van der Waals surface area contributed by atoms with E-state index in [2.05, 4.69) is 5.32 Å². The minimum absolute atomic E-state index is 0.662. The summed E-state index contributed by atoms with van der Waals surface area (Å²) < 4.78 is 5.23. The Kier molecular flexibility index (Phi) is 3.71. The van der Waals surface area contributed by atoms with E-state index in [9.17, 15) is 0 Å². The van der Waals surface area contributed by atoms with E-state index in [4.69, 9.17) is 17.0 Å². The fraction of sp³-hybridized carbons (Fsp3) is 0.300. The molecule has 1 N–H and O–H groups in total. The van der Waals surface area contributed by atoms with Crippen LogP contribution in [0.25, 0.3) is 0 Å². The van der Waals surface area contributed by atoms with Crippen LogP contribution < -0.4 is 15.0 Å². The summed E-state index contributed by atoms with van der Waals surface area (Å²) in [6.45, 7) is 0. The summed E-state index contributed by atoms with van der Waals surface area (Å²) in [5.41, 5.74) is 0.953. The Labute approximate surface area is 89.7 Å². The zero-order valence-electron chi connectivity index (χ0n) is 8.57. The number of nitrogens with one attached hydrogen (secondary N) is 1. The molecule has 4 heteroatoms. The van der Waals surface area contributed by atoms with E-state index in [-0.39, 0.29) is 0 Å². The minimum atomic E-state index is 0.662. The van der Waals surface area contributed by atoms with E-state index >= 15 is 0 Å². The maximum Gasteiger partial charge on any atom is 0.173 e. The zero-order valence-corrected chi connectivity index (χ0v) is 9.39.